The molecule has 1 fully saturated rings. The Labute approximate surface area is 78.7 Å². The zero-order chi connectivity index (χ0) is 9.10. The zero-order valence-corrected chi connectivity index (χ0v) is 7.70. The number of ether oxygens (including phenoxy) is 1. The van der Waals surface area contributed by atoms with Gasteiger partial charge in [0.05, 0.1) is 6.10 Å². The van der Waals surface area contributed by atoms with Crippen LogP contribution in [-0.4, -0.2) is 6.61 Å². The number of nitrogens with two attached hydrogens (primary N) is 1. The second kappa shape index (κ2) is 3.90. The Morgan fingerprint density at radius 2 is 2.23 bits per heavy atom. The lowest BCUT2D eigenvalue weighted by molar-refractivity contribution is 0.111. The molecule has 0 radical (unpaired) electrons. The predicted octanol–water partition coefficient (Wildman–Crippen LogP) is 2.00. The van der Waals surface area contributed by atoms with Crippen LogP contribution in [0.1, 0.15) is 30.1 Å². The van der Waals surface area contributed by atoms with Gasteiger partial charge in [-0.2, -0.15) is 0 Å². The summed E-state index contributed by atoms with van der Waals surface area (Å²) in [6.07, 6.45) is 2.60. The lowest BCUT2D eigenvalue weighted by atomic mass is 10.0. The molecule has 70 valence electrons. The highest BCUT2D eigenvalue weighted by atomic mass is 16.5. The van der Waals surface area contributed by atoms with Crippen LogP contribution in [0.2, 0.25) is 0 Å². The summed E-state index contributed by atoms with van der Waals surface area (Å²) in [7, 11) is 0. The van der Waals surface area contributed by atoms with Crippen LogP contribution in [0.15, 0.2) is 24.3 Å². The monoisotopic (exact) mass is 177 g/mol. The predicted molar refractivity (Wildman–Crippen MR) is 52.3 cm³/mol. The molecule has 2 heteroatoms. The van der Waals surface area contributed by atoms with Gasteiger partial charge in [0.15, 0.2) is 0 Å². The van der Waals surface area contributed by atoms with E-state index < -0.39 is 0 Å². The average molecular weight is 177 g/mol. The summed E-state index contributed by atoms with van der Waals surface area (Å²) in [5.41, 5.74) is 8.16. The van der Waals surface area contributed by atoms with E-state index in [9.17, 15) is 0 Å². The normalized spacial score (nSPS) is 22.1. The third kappa shape index (κ3) is 1.74. The first-order valence-corrected chi connectivity index (χ1v) is 4.81. The molecule has 0 spiro atoms. The standard InChI is InChI=1S/C11H15NO/c12-8-9-4-1-2-5-10(9)11-6-3-7-13-11/h1-2,4-5,11H,3,6-8,12H2/t11-/m1/s1. The second-order valence-corrected chi connectivity index (χ2v) is 3.40. The van der Waals surface area contributed by atoms with Crippen LogP contribution >= 0.6 is 0 Å². The fourth-order valence-electron chi connectivity index (χ4n) is 1.86. The van der Waals surface area contributed by atoms with E-state index in [1.807, 2.05) is 6.07 Å². The summed E-state index contributed by atoms with van der Waals surface area (Å²) in [6, 6.07) is 8.28. The number of benzene rings is 1. The summed E-state index contributed by atoms with van der Waals surface area (Å²) in [5, 5.41) is 0. The molecule has 2 nitrogen and oxygen atoms in total. The molecule has 1 aliphatic rings. The Balaban J connectivity index is 2.26. The Morgan fingerprint density at radius 1 is 1.38 bits per heavy atom. The summed E-state index contributed by atoms with van der Waals surface area (Å²) in [6.45, 7) is 1.50. The first-order chi connectivity index (χ1) is 6.42. The molecule has 13 heavy (non-hydrogen) atoms. The molecule has 0 aromatic heterocycles. The van der Waals surface area contributed by atoms with Crippen molar-refractivity contribution in [3.63, 3.8) is 0 Å². The molecular formula is C11H15NO. The molecular weight excluding hydrogens is 162 g/mol. The summed E-state index contributed by atoms with van der Waals surface area (Å²) in [5.74, 6) is 0. The molecule has 1 aromatic carbocycles. The van der Waals surface area contributed by atoms with E-state index in [1.54, 1.807) is 0 Å². The van der Waals surface area contributed by atoms with E-state index in [-0.39, 0.29) is 0 Å². The Bertz CT molecular complexity index is 279. The molecule has 2 N–H and O–H groups in total. The fourth-order valence-corrected chi connectivity index (χ4v) is 1.86. The van der Waals surface area contributed by atoms with Gasteiger partial charge in [0, 0.05) is 13.2 Å². The van der Waals surface area contributed by atoms with Crippen molar-refractivity contribution in [2.45, 2.75) is 25.5 Å². The third-order valence-corrected chi connectivity index (χ3v) is 2.55. The lowest BCUT2D eigenvalue weighted by Crippen LogP contribution is -2.05. The van der Waals surface area contributed by atoms with Crippen LogP contribution in [-0.2, 0) is 11.3 Å². The minimum atomic E-state index is 0.291. The first kappa shape index (κ1) is 8.73. The van der Waals surface area contributed by atoms with Gasteiger partial charge in [-0.1, -0.05) is 24.3 Å². The number of hydrogen-bond acceptors (Lipinski definition) is 2. The van der Waals surface area contributed by atoms with Crippen molar-refractivity contribution < 1.29 is 4.74 Å². The highest BCUT2D eigenvalue weighted by Crippen LogP contribution is 2.30. The third-order valence-electron chi connectivity index (χ3n) is 2.55. The van der Waals surface area contributed by atoms with Crippen LogP contribution in [0.4, 0.5) is 0 Å². The smallest absolute Gasteiger partial charge is 0.0828 e. The van der Waals surface area contributed by atoms with Crippen LogP contribution < -0.4 is 5.73 Å². The molecule has 1 saturated heterocycles. The van der Waals surface area contributed by atoms with E-state index in [4.69, 9.17) is 10.5 Å². The molecule has 1 aromatic rings. The fraction of sp³-hybridized carbons (Fsp3) is 0.455. The largest absolute Gasteiger partial charge is 0.374 e. The molecule has 0 bridgehead atoms. The molecule has 1 atom stereocenters. The summed E-state index contributed by atoms with van der Waals surface area (Å²) >= 11 is 0. The van der Waals surface area contributed by atoms with Crippen molar-refractivity contribution in [1.82, 2.24) is 0 Å². The summed E-state index contributed by atoms with van der Waals surface area (Å²) in [4.78, 5) is 0. The van der Waals surface area contributed by atoms with Gasteiger partial charge in [-0.3, -0.25) is 0 Å². The van der Waals surface area contributed by atoms with Crippen molar-refractivity contribution >= 4 is 0 Å². The van der Waals surface area contributed by atoms with Gasteiger partial charge in [-0.15, -0.1) is 0 Å². The number of hydrogen-bond donors (Lipinski definition) is 1. The van der Waals surface area contributed by atoms with Crippen LogP contribution in [0.25, 0.3) is 0 Å². The molecule has 0 aliphatic carbocycles. The molecule has 0 unspecified atom stereocenters. The van der Waals surface area contributed by atoms with Crippen LogP contribution in [0, 0.1) is 0 Å². The molecule has 0 saturated carbocycles. The van der Waals surface area contributed by atoms with Gasteiger partial charge in [0.25, 0.3) is 0 Å². The molecule has 2 rings (SSSR count). The van der Waals surface area contributed by atoms with Gasteiger partial charge >= 0.3 is 0 Å². The minimum absolute atomic E-state index is 0.291. The van der Waals surface area contributed by atoms with Gasteiger partial charge in [-0.25, -0.2) is 0 Å². The Kier molecular flexibility index (Phi) is 2.62. The number of rotatable bonds is 2. The van der Waals surface area contributed by atoms with Gasteiger partial charge in [0.1, 0.15) is 0 Å². The van der Waals surface area contributed by atoms with Crippen molar-refractivity contribution in [1.29, 1.82) is 0 Å². The maximum atomic E-state index is 5.66. The van der Waals surface area contributed by atoms with Crippen LogP contribution in [0.3, 0.4) is 0 Å². The van der Waals surface area contributed by atoms with E-state index in [0.29, 0.717) is 12.6 Å². The maximum Gasteiger partial charge on any atom is 0.0828 e. The van der Waals surface area contributed by atoms with Crippen molar-refractivity contribution in [3.05, 3.63) is 35.4 Å². The topological polar surface area (TPSA) is 35.2 Å². The van der Waals surface area contributed by atoms with E-state index in [0.717, 1.165) is 13.0 Å². The molecule has 1 aliphatic heterocycles. The SMILES string of the molecule is NCc1ccccc1[C@H]1CCCO1. The van der Waals surface area contributed by atoms with Crippen molar-refractivity contribution in [2.75, 3.05) is 6.61 Å². The van der Waals surface area contributed by atoms with Gasteiger partial charge < -0.3 is 10.5 Å². The quantitative estimate of drug-likeness (QED) is 0.749. The second-order valence-electron chi connectivity index (χ2n) is 3.40. The minimum Gasteiger partial charge on any atom is -0.374 e. The highest BCUT2D eigenvalue weighted by molar-refractivity contribution is 5.29. The van der Waals surface area contributed by atoms with Crippen LogP contribution in [0.5, 0.6) is 0 Å². The first-order valence-electron chi connectivity index (χ1n) is 4.81. The maximum absolute atomic E-state index is 5.66. The average Bonchev–Trinajstić information content (AvgIpc) is 2.70. The Hall–Kier alpha value is -0.860. The zero-order valence-electron chi connectivity index (χ0n) is 7.70. The van der Waals surface area contributed by atoms with Crippen molar-refractivity contribution in [2.24, 2.45) is 5.73 Å². The highest BCUT2D eigenvalue weighted by Gasteiger charge is 2.19. The summed E-state index contributed by atoms with van der Waals surface area (Å²) < 4.78 is 5.63. The van der Waals surface area contributed by atoms with Crippen molar-refractivity contribution in [3.8, 4) is 0 Å². The van der Waals surface area contributed by atoms with E-state index >= 15 is 0 Å². The Morgan fingerprint density at radius 3 is 2.92 bits per heavy atom. The van der Waals surface area contributed by atoms with E-state index in [2.05, 4.69) is 18.2 Å². The lowest BCUT2D eigenvalue weighted by Gasteiger charge is -2.13. The molecule has 0 amide bonds. The van der Waals surface area contributed by atoms with Gasteiger partial charge in [-0.05, 0) is 24.0 Å². The van der Waals surface area contributed by atoms with Gasteiger partial charge in [0.2, 0.25) is 0 Å². The molecule has 1 heterocycles. The van der Waals surface area contributed by atoms with E-state index in [1.165, 1.54) is 17.5 Å².